The Balaban J connectivity index is 4.33. The molecule has 0 aromatic carbocycles. The number of rotatable bonds is 57. The van der Waals surface area contributed by atoms with Crippen molar-refractivity contribution in [2.45, 2.75) is 277 Å². The van der Waals surface area contributed by atoms with Crippen molar-refractivity contribution in [3.8, 4) is 0 Å². The minimum atomic E-state index is -0.806. The predicted molar refractivity (Wildman–Crippen MR) is 348 cm³/mol. The maximum Gasteiger partial charge on any atom is 0.306 e. The molecule has 0 amide bonds. The number of allylic oxidation sites excluding steroid dienone is 26. The molecule has 0 rings (SSSR count). The Hall–Kier alpha value is -4.97. The van der Waals surface area contributed by atoms with Crippen LogP contribution in [-0.2, 0) is 28.6 Å². The summed E-state index contributed by atoms with van der Waals surface area (Å²) >= 11 is 0. The number of carbonyl (C=O) groups is 3. The second-order valence-electron chi connectivity index (χ2n) is 20.9. The van der Waals surface area contributed by atoms with E-state index in [1.165, 1.54) is 57.8 Å². The van der Waals surface area contributed by atoms with Gasteiger partial charge in [-0.15, -0.1) is 0 Å². The van der Waals surface area contributed by atoms with Crippen LogP contribution in [0.15, 0.2) is 158 Å². The Morgan fingerprint density at radius 2 is 0.500 bits per heavy atom. The van der Waals surface area contributed by atoms with E-state index in [-0.39, 0.29) is 31.1 Å². The molecule has 80 heavy (non-hydrogen) atoms. The summed E-state index contributed by atoms with van der Waals surface area (Å²) in [7, 11) is 0. The van der Waals surface area contributed by atoms with Gasteiger partial charge in [-0.25, -0.2) is 0 Å². The molecule has 1 atom stereocenters. The Kier molecular flexibility index (Phi) is 62.4. The molecule has 0 aromatic heterocycles. The number of hydrogen-bond donors (Lipinski definition) is 0. The van der Waals surface area contributed by atoms with Crippen LogP contribution in [0.4, 0.5) is 0 Å². The monoisotopic (exact) mass is 1100 g/mol. The summed E-state index contributed by atoms with van der Waals surface area (Å²) in [4.78, 5) is 38.2. The standard InChI is InChI=1S/C74H118O6/c1-4-7-10-13-16-19-22-25-27-28-29-30-31-32-33-34-35-36-37-38-39-40-41-42-43-44-45-46-47-50-52-55-58-61-64-67-73(76)79-70-71(69-78-72(75)66-63-60-57-54-51-48-24-21-18-15-12-9-6-3)80-74(77)68-65-62-59-56-53-49-26-23-20-17-14-11-8-5-2/h7,10,14,16-17,19,21,23-27,29-30,32-33,35-36,38-39,41-42,44-45,47,50,71H,4-6,8-9,11-13,15,18,20,22,28,31,34,37,40,43,46,48-49,51-70H2,1-3H3/b10-7-,17-14-,19-16-,24-21-,26-23-,27-25-,30-29-,33-32-,36-35-,39-38-,42-41-,45-44-,50-47-. The highest BCUT2D eigenvalue weighted by Crippen LogP contribution is 2.14. The van der Waals surface area contributed by atoms with Gasteiger partial charge in [-0.1, -0.05) is 262 Å². The molecule has 0 saturated heterocycles. The van der Waals surface area contributed by atoms with E-state index in [4.69, 9.17) is 14.2 Å². The summed E-state index contributed by atoms with van der Waals surface area (Å²) in [5.41, 5.74) is 0. The largest absolute Gasteiger partial charge is 0.462 e. The summed E-state index contributed by atoms with van der Waals surface area (Å²) in [6.07, 6.45) is 96.8. The molecule has 0 N–H and O–H groups in total. The third kappa shape index (κ3) is 63.9. The average molecular weight is 1100 g/mol. The second-order valence-corrected chi connectivity index (χ2v) is 20.9. The summed E-state index contributed by atoms with van der Waals surface area (Å²) < 4.78 is 16.8. The smallest absolute Gasteiger partial charge is 0.306 e. The van der Waals surface area contributed by atoms with Crippen molar-refractivity contribution in [2.24, 2.45) is 0 Å². The first-order valence-electron chi connectivity index (χ1n) is 32.5. The quantitative estimate of drug-likeness (QED) is 0.0261. The summed E-state index contributed by atoms with van der Waals surface area (Å²) in [5, 5.41) is 0. The van der Waals surface area contributed by atoms with Crippen molar-refractivity contribution < 1.29 is 28.6 Å². The molecule has 0 spiro atoms. The van der Waals surface area contributed by atoms with Crippen LogP contribution in [0, 0.1) is 0 Å². The SMILES string of the molecule is CC/C=C\C/C=C\C/C=C\C/C=C\C/C=C\C/C=C\C/C=C\C/C=C\C/C=C\C/C=C\CCCCCCC(=O)OCC(COC(=O)CCCCCCC/C=C\CCCCCC)OC(=O)CCCCCCC/C=C\C/C=C\CCCC. The first-order valence-corrected chi connectivity index (χ1v) is 32.5. The Morgan fingerprint density at radius 3 is 0.812 bits per heavy atom. The second kappa shape index (κ2) is 66.5. The van der Waals surface area contributed by atoms with E-state index in [1.54, 1.807) is 0 Å². The van der Waals surface area contributed by atoms with E-state index in [0.717, 1.165) is 173 Å². The van der Waals surface area contributed by atoms with Crippen molar-refractivity contribution in [1.29, 1.82) is 0 Å². The van der Waals surface area contributed by atoms with Gasteiger partial charge in [0.1, 0.15) is 13.2 Å². The summed E-state index contributed by atoms with van der Waals surface area (Å²) in [6.45, 7) is 6.42. The van der Waals surface area contributed by atoms with Crippen molar-refractivity contribution in [2.75, 3.05) is 13.2 Å². The molecule has 0 aliphatic heterocycles. The lowest BCUT2D eigenvalue weighted by Gasteiger charge is -2.18. The molecule has 0 fully saturated rings. The van der Waals surface area contributed by atoms with Gasteiger partial charge in [-0.2, -0.15) is 0 Å². The topological polar surface area (TPSA) is 78.9 Å². The zero-order chi connectivity index (χ0) is 57.8. The molecule has 0 bridgehead atoms. The van der Waals surface area contributed by atoms with Crippen LogP contribution in [0.3, 0.4) is 0 Å². The first kappa shape index (κ1) is 75.0. The third-order valence-electron chi connectivity index (χ3n) is 13.2. The maximum absolute atomic E-state index is 12.9. The van der Waals surface area contributed by atoms with Crippen LogP contribution in [-0.4, -0.2) is 37.2 Å². The van der Waals surface area contributed by atoms with Crippen LogP contribution in [0.25, 0.3) is 0 Å². The molecule has 0 aliphatic carbocycles. The van der Waals surface area contributed by atoms with Crippen molar-refractivity contribution in [3.05, 3.63) is 158 Å². The molecule has 6 heteroatoms. The number of esters is 3. The van der Waals surface area contributed by atoms with Crippen LogP contribution in [0.2, 0.25) is 0 Å². The van der Waals surface area contributed by atoms with E-state index in [1.807, 2.05) is 0 Å². The van der Waals surface area contributed by atoms with Crippen molar-refractivity contribution in [3.63, 3.8) is 0 Å². The van der Waals surface area contributed by atoms with Crippen LogP contribution in [0.5, 0.6) is 0 Å². The van der Waals surface area contributed by atoms with Gasteiger partial charge in [0.2, 0.25) is 0 Å². The third-order valence-corrected chi connectivity index (χ3v) is 13.2. The van der Waals surface area contributed by atoms with E-state index >= 15 is 0 Å². The van der Waals surface area contributed by atoms with Crippen molar-refractivity contribution >= 4 is 17.9 Å². The van der Waals surface area contributed by atoms with Gasteiger partial charge in [0.15, 0.2) is 6.10 Å². The molecule has 1 unspecified atom stereocenters. The number of carbonyl (C=O) groups excluding carboxylic acids is 3. The lowest BCUT2D eigenvalue weighted by Crippen LogP contribution is -2.30. The van der Waals surface area contributed by atoms with Gasteiger partial charge in [0, 0.05) is 19.3 Å². The fourth-order valence-corrected chi connectivity index (χ4v) is 8.36. The average Bonchev–Trinajstić information content (AvgIpc) is 3.46. The molecule has 0 radical (unpaired) electrons. The normalized spacial score (nSPS) is 13.2. The van der Waals surface area contributed by atoms with E-state index in [0.29, 0.717) is 19.3 Å². The zero-order valence-corrected chi connectivity index (χ0v) is 51.5. The lowest BCUT2D eigenvalue weighted by molar-refractivity contribution is -0.167. The predicted octanol–water partition coefficient (Wildman–Crippen LogP) is 22.5. The fourth-order valence-electron chi connectivity index (χ4n) is 8.36. The van der Waals surface area contributed by atoms with Crippen LogP contribution >= 0.6 is 0 Å². The Bertz CT molecular complexity index is 1790. The Labute approximate surface area is 492 Å². The lowest BCUT2D eigenvalue weighted by atomic mass is 10.1. The van der Waals surface area contributed by atoms with Gasteiger partial charge >= 0.3 is 17.9 Å². The van der Waals surface area contributed by atoms with Gasteiger partial charge in [0.25, 0.3) is 0 Å². The Morgan fingerprint density at radius 1 is 0.263 bits per heavy atom. The van der Waals surface area contributed by atoms with Crippen molar-refractivity contribution in [1.82, 2.24) is 0 Å². The highest BCUT2D eigenvalue weighted by molar-refractivity contribution is 5.71. The number of unbranched alkanes of at least 4 members (excludes halogenated alkanes) is 20. The molecule has 0 aromatic rings. The first-order chi connectivity index (χ1) is 39.5. The summed E-state index contributed by atoms with van der Waals surface area (Å²) in [6, 6.07) is 0. The molecule has 0 aliphatic rings. The van der Waals surface area contributed by atoms with Crippen LogP contribution in [0.1, 0.15) is 271 Å². The minimum Gasteiger partial charge on any atom is -0.462 e. The van der Waals surface area contributed by atoms with E-state index < -0.39 is 6.10 Å². The molecule has 450 valence electrons. The van der Waals surface area contributed by atoms with Gasteiger partial charge in [0.05, 0.1) is 0 Å². The van der Waals surface area contributed by atoms with E-state index in [9.17, 15) is 14.4 Å². The maximum atomic E-state index is 12.9. The molecule has 0 heterocycles. The van der Waals surface area contributed by atoms with Crippen LogP contribution < -0.4 is 0 Å². The molecular formula is C74H118O6. The highest BCUT2D eigenvalue weighted by Gasteiger charge is 2.19. The molecule has 0 saturated carbocycles. The molecular weight excluding hydrogens is 985 g/mol. The van der Waals surface area contributed by atoms with Gasteiger partial charge < -0.3 is 14.2 Å². The minimum absolute atomic E-state index is 0.101. The van der Waals surface area contributed by atoms with Gasteiger partial charge in [-0.3, -0.25) is 14.4 Å². The van der Waals surface area contributed by atoms with Gasteiger partial charge in [-0.05, 0) is 148 Å². The fraction of sp³-hybridized carbons (Fsp3) is 0.608. The zero-order valence-electron chi connectivity index (χ0n) is 51.5. The highest BCUT2D eigenvalue weighted by atomic mass is 16.6. The summed E-state index contributed by atoms with van der Waals surface area (Å²) in [5.74, 6) is -0.953. The number of ether oxygens (including phenoxy) is 3. The number of hydrogen-bond acceptors (Lipinski definition) is 6. The molecule has 6 nitrogen and oxygen atoms in total. The van der Waals surface area contributed by atoms with E-state index in [2.05, 4.69) is 179 Å².